The molecule has 7 nitrogen and oxygen atoms in total. The van der Waals surface area contributed by atoms with Gasteiger partial charge in [0.25, 0.3) is 11.8 Å². The van der Waals surface area contributed by atoms with Gasteiger partial charge in [0.2, 0.25) is 0 Å². The monoisotopic (exact) mass is 432 g/mol. The highest BCUT2D eigenvalue weighted by Crippen LogP contribution is 2.29. The summed E-state index contributed by atoms with van der Waals surface area (Å²) in [5, 5.41) is 17.3. The first-order valence-corrected chi connectivity index (χ1v) is 10.6. The standard InChI is InChI=1S/C25H24N2O5/c28-22(15-32-25(31)20-14-13-16-7-1-4-10-18(16)23(20)29)27-21-12-6-5-11-19(21)24(30)26-17-8-2-3-9-17/h1,4-7,10-14,17,29H,2-3,8-9,15H2,(H,26,30)(H,27,28). The molecule has 1 aliphatic carbocycles. The summed E-state index contributed by atoms with van der Waals surface area (Å²) < 4.78 is 5.09. The number of anilines is 1. The van der Waals surface area contributed by atoms with Crippen molar-refractivity contribution in [2.45, 2.75) is 31.7 Å². The molecule has 0 atom stereocenters. The lowest BCUT2D eigenvalue weighted by Gasteiger charge is -2.15. The summed E-state index contributed by atoms with van der Waals surface area (Å²) >= 11 is 0. The van der Waals surface area contributed by atoms with Gasteiger partial charge in [-0.3, -0.25) is 9.59 Å². The lowest BCUT2D eigenvalue weighted by Crippen LogP contribution is -2.33. The van der Waals surface area contributed by atoms with Gasteiger partial charge in [0.15, 0.2) is 6.61 Å². The molecular weight excluding hydrogens is 408 g/mol. The summed E-state index contributed by atoms with van der Waals surface area (Å²) in [5.74, 6) is -1.83. The number of benzene rings is 3. The first-order chi connectivity index (χ1) is 15.5. The van der Waals surface area contributed by atoms with Gasteiger partial charge in [0, 0.05) is 11.4 Å². The van der Waals surface area contributed by atoms with E-state index < -0.39 is 18.5 Å². The highest BCUT2D eigenvalue weighted by atomic mass is 16.5. The van der Waals surface area contributed by atoms with Crippen LogP contribution in [0.3, 0.4) is 0 Å². The lowest BCUT2D eigenvalue weighted by molar-refractivity contribution is -0.119. The molecule has 7 heteroatoms. The summed E-state index contributed by atoms with van der Waals surface area (Å²) in [6, 6.07) is 17.1. The molecule has 4 rings (SSSR count). The molecule has 0 unspecified atom stereocenters. The lowest BCUT2D eigenvalue weighted by atomic mass is 10.1. The Kier molecular flexibility index (Phi) is 6.35. The molecule has 1 fully saturated rings. The van der Waals surface area contributed by atoms with E-state index in [1.165, 1.54) is 6.07 Å². The molecule has 0 spiro atoms. The number of phenolic OH excluding ortho intramolecular Hbond substituents is 1. The van der Waals surface area contributed by atoms with Crippen LogP contribution in [0.2, 0.25) is 0 Å². The number of hydrogen-bond acceptors (Lipinski definition) is 5. The topological polar surface area (TPSA) is 105 Å². The first-order valence-electron chi connectivity index (χ1n) is 10.6. The number of ether oxygens (including phenoxy) is 1. The molecule has 0 radical (unpaired) electrons. The minimum atomic E-state index is -0.810. The number of para-hydroxylation sites is 1. The first kappa shape index (κ1) is 21.4. The molecule has 1 aliphatic rings. The smallest absolute Gasteiger partial charge is 0.342 e. The Morgan fingerprint density at radius 3 is 2.44 bits per heavy atom. The van der Waals surface area contributed by atoms with Gasteiger partial charge in [-0.05, 0) is 36.4 Å². The number of phenols is 1. The summed E-state index contributed by atoms with van der Waals surface area (Å²) in [7, 11) is 0. The molecule has 0 bridgehead atoms. The predicted molar refractivity (Wildman–Crippen MR) is 121 cm³/mol. The largest absolute Gasteiger partial charge is 0.506 e. The van der Waals surface area contributed by atoms with Crippen molar-refractivity contribution in [2.75, 3.05) is 11.9 Å². The Labute approximate surface area is 185 Å². The van der Waals surface area contributed by atoms with Crippen molar-refractivity contribution in [3.8, 4) is 5.75 Å². The number of amides is 2. The van der Waals surface area contributed by atoms with Gasteiger partial charge < -0.3 is 20.5 Å². The quantitative estimate of drug-likeness (QED) is 0.511. The second-order valence-corrected chi connectivity index (χ2v) is 7.81. The van der Waals surface area contributed by atoms with Gasteiger partial charge in [-0.25, -0.2) is 4.79 Å². The van der Waals surface area contributed by atoms with E-state index in [1.54, 1.807) is 42.5 Å². The second kappa shape index (κ2) is 9.51. The van der Waals surface area contributed by atoms with Crippen LogP contribution in [-0.2, 0) is 9.53 Å². The van der Waals surface area contributed by atoms with E-state index in [2.05, 4.69) is 10.6 Å². The van der Waals surface area contributed by atoms with Crippen molar-refractivity contribution < 1.29 is 24.2 Å². The fourth-order valence-electron chi connectivity index (χ4n) is 3.94. The van der Waals surface area contributed by atoms with Crippen molar-refractivity contribution in [2.24, 2.45) is 0 Å². The van der Waals surface area contributed by atoms with Crippen LogP contribution < -0.4 is 10.6 Å². The third-order valence-corrected chi connectivity index (χ3v) is 5.59. The molecule has 3 N–H and O–H groups in total. The molecule has 164 valence electrons. The summed E-state index contributed by atoms with van der Waals surface area (Å²) in [4.78, 5) is 37.4. The van der Waals surface area contributed by atoms with Crippen molar-refractivity contribution >= 4 is 34.2 Å². The number of carbonyl (C=O) groups is 3. The van der Waals surface area contributed by atoms with E-state index in [9.17, 15) is 19.5 Å². The summed E-state index contributed by atoms with van der Waals surface area (Å²) in [5.41, 5.74) is 0.677. The van der Waals surface area contributed by atoms with Gasteiger partial charge in [-0.15, -0.1) is 0 Å². The second-order valence-electron chi connectivity index (χ2n) is 7.81. The van der Waals surface area contributed by atoms with Gasteiger partial charge in [0.1, 0.15) is 11.3 Å². The van der Waals surface area contributed by atoms with Crippen molar-refractivity contribution in [3.63, 3.8) is 0 Å². The minimum absolute atomic E-state index is 0.0205. The van der Waals surface area contributed by atoms with Crippen molar-refractivity contribution in [1.82, 2.24) is 5.32 Å². The van der Waals surface area contributed by atoms with Crippen LogP contribution in [0, 0.1) is 0 Å². The van der Waals surface area contributed by atoms with Crippen LogP contribution in [0.1, 0.15) is 46.4 Å². The van der Waals surface area contributed by atoms with E-state index in [0.29, 0.717) is 16.6 Å². The molecule has 3 aromatic rings. The van der Waals surface area contributed by atoms with Crippen LogP contribution in [0.25, 0.3) is 10.8 Å². The van der Waals surface area contributed by atoms with E-state index in [-0.39, 0.29) is 23.3 Å². The van der Waals surface area contributed by atoms with Crippen LogP contribution in [-0.4, -0.2) is 35.5 Å². The zero-order valence-corrected chi connectivity index (χ0v) is 17.5. The van der Waals surface area contributed by atoms with E-state index in [1.807, 2.05) is 12.1 Å². The van der Waals surface area contributed by atoms with Crippen LogP contribution in [0.15, 0.2) is 60.7 Å². The maximum absolute atomic E-state index is 12.6. The van der Waals surface area contributed by atoms with Gasteiger partial charge in [0.05, 0.1) is 11.3 Å². The van der Waals surface area contributed by atoms with Crippen LogP contribution >= 0.6 is 0 Å². The van der Waals surface area contributed by atoms with Gasteiger partial charge in [-0.1, -0.05) is 55.3 Å². The average molecular weight is 432 g/mol. The molecule has 0 heterocycles. The van der Waals surface area contributed by atoms with E-state index >= 15 is 0 Å². The number of fused-ring (bicyclic) bond motifs is 1. The normalized spacial score (nSPS) is 13.6. The number of esters is 1. The zero-order valence-electron chi connectivity index (χ0n) is 17.5. The Morgan fingerprint density at radius 1 is 0.906 bits per heavy atom. The molecule has 32 heavy (non-hydrogen) atoms. The van der Waals surface area contributed by atoms with Crippen LogP contribution in [0.5, 0.6) is 5.75 Å². The Hall–Kier alpha value is -3.87. The molecule has 0 saturated heterocycles. The highest BCUT2D eigenvalue weighted by molar-refractivity contribution is 6.05. The fourth-order valence-corrected chi connectivity index (χ4v) is 3.94. The van der Waals surface area contributed by atoms with E-state index in [0.717, 1.165) is 31.1 Å². The molecule has 0 aromatic heterocycles. The Bertz CT molecular complexity index is 1170. The van der Waals surface area contributed by atoms with Crippen molar-refractivity contribution in [1.29, 1.82) is 0 Å². The average Bonchev–Trinajstić information content (AvgIpc) is 3.31. The number of rotatable bonds is 6. The van der Waals surface area contributed by atoms with Crippen molar-refractivity contribution in [3.05, 3.63) is 71.8 Å². The Morgan fingerprint density at radius 2 is 1.62 bits per heavy atom. The Balaban J connectivity index is 1.39. The molecule has 2 amide bonds. The molecule has 1 saturated carbocycles. The number of nitrogens with one attached hydrogen (secondary N) is 2. The highest BCUT2D eigenvalue weighted by Gasteiger charge is 2.21. The third-order valence-electron chi connectivity index (χ3n) is 5.59. The third kappa shape index (κ3) is 4.72. The number of hydrogen-bond donors (Lipinski definition) is 3. The van der Waals surface area contributed by atoms with Gasteiger partial charge >= 0.3 is 5.97 Å². The maximum Gasteiger partial charge on any atom is 0.342 e. The SMILES string of the molecule is O=C(COC(=O)c1ccc2ccccc2c1O)Nc1ccccc1C(=O)NC1CCCC1. The number of carbonyl (C=O) groups excluding carboxylic acids is 3. The van der Waals surface area contributed by atoms with Gasteiger partial charge in [-0.2, -0.15) is 0 Å². The van der Waals surface area contributed by atoms with Crippen LogP contribution in [0.4, 0.5) is 5.69 Å². The fraction of sp³-hybridized carbons (Fsp3) is 0.240. The molecule has 0 aliphatic heterocycles. The summed E-state index contributed by atoms with van der Waals surface area (Å²) in [6.45, 7) is -0.552. The number of aromatic hydroxyl groups is 1. The summed E-state index contributed by atoms with van der Waals surface area (Å²) in [6.07, 6.45) is 4.11. The van der Waals surface area contributed by atoms with E-state index in [4.69, 9.17) is 4.74 Å². The predicted octanol–water partition coefficient (Wildman–Crippen LogP) is 4.01. The molecular formula is C25H24N2O5. The maximum atomic E-state index is 12.6. The molecule has 3 aromatic carbocycles. The minimum Gasteiger partial charge on any atom is -0.506 e. The zero-order chi connectivity index (χ0) is 22.5.